The van der Waals surface area contributed by atoms with E-state index in [2.05, 4.69) is 35.8 Å². The fraction of sp³-hybridized carbons (Fsp3) is 0.750. The summed E-state index contributed by atoms with van der Waals surface area (Å²) in [4.78, 5) is 1.12. The molecule has 0 aliphatic rings. The summed E-state index contributed by atoms with van der Waals surface area (Å²) in [5.41, 5.74) is 3.85. The fourth-order valence-corrected chi connectivity index (χ4v) is 2.17. The predicted molar refractivity (Wildman–Crippen MR) is 54.2 cm³/mol. The zero-order valence-corrected chi connectivity index (χ0v) is 9.27. The minimum Gasteiger partial charge on any atom is -0.271 e. The monoisotopic (exact) mass is 200 g/mol. The molecule has 0 amide bonds. The van der Waals surface area contributed by atoms with Crippen molar-refractivity contribution < 1.29 is 0 Å². The summed E-state index contributed by atoms with van der Waals surface area (Å²) in [7, 11) is 0. The highest BCUT2D eigenvalue weighted by Crippen LogP contribution is 2.34. The van der Waals surface area contributed by atoms with Crippen molar-refractivity contribution in [2.45, 2.75) is 33.7 Å². The molecule has 1 atom stereocenters. The van der Waals surface area contributed by atoms with E-state index in [0.29, 0.717) is 0 Å². The van der Waals surface area contributed by atoms with Gasteiger partial charge in [-0.05, 0) is 23.9 Å². The molecule has 0 fully saturated rings. The maximum absolute atomic E-state index is 5.52. The van der Waals surface area contributed by atoms with E-state index in [0.717, 1.165) is 10.6 Å². The molecule has 5 heteroatoms. The predicted octanol–water partition coefficient (Wildman–Crippen LogP) is 1.40. The van der Waals surface area contributed by atoms with Crippen LogP contribution in [0.3, 0.4) is 0 Å². The van der Waals surface area contributed by atoms with Gasteiger partial charge in [-0.15, -0.1) is 5.10 Å². The fourth-order valence-electron chi connectivity index (χ4n) is 1.22. The lowest BCUT2D eigenvalue weighted by Gasteiger charge is -2.28. The first-order chi connectivity index (χ1) is 5.96. The van der Waals surface area contributed by atoms with E-state index < -0.39 is 0 Å². The van der Waals surface area contributed by atoms with Crippen molar-refractivity contribution >= 4 is 11.5 Å². The smallest absolute Gasteiger partial charge is 0.0773 e. The molecule has 0 saturated carbocycles. The summed E-state index contributed by atoms with van der Waals surface area (Å²) in [5.74, 6) is 5.52. The summed E-state index contributed by atoms with van der Waals surface area (Å²) in [5, 5.41) is 3.97. The van der Waals surface area contributed by atoms with Crippen LogP contribution in [-0.2, 0) is 0 Å². The van der Waals surface area contributed by atoms with Crippen LogP contribution in [0.4, 0.5) is 0 Å². The van der Waals surface area contributed by atoms with Gasteiger partial charge in [0.2, 0.25) is 0 Å². The van der Waals surface area contributed by atoms with Crippen LogP contribution in [0.5, 0.6) is 0 Å². The van der Waals surface area contributed by atoms with Crippen molar-refractivity contribution in [3.63, 3.8) is 0 Å². The molecule has 0 aliphatic carbocycles. The molecule has 1 heterocycles. The Morgan fingerprint density at radius 3 is 2.38 bits per heavy atom. The van der Waals surface area contributed by atoms with Crippen LogP contribution in [0.1, 0.15) is 37.4 Å². The highest BCUT2D eigenvalue weighted by atomic mass is 32.1. The molecule has 0 aliphatic heterocycles. The Bertz CT molecular complexity index is 276. The first kappa shape index (κ1) is 10.6. The molecular formula is C8H16N4S. The first-order valence-electron chi connectivity index (χ1n) is 4.22. The minimum absolute atomic E-state index is 0.0771. The summed E-state index contributed by atoms with van der Waals surface area (Å²) >= 11 is 1.41. The van der Waals surface area contributed by atoms with Crippen LogP contribution < -0.4 is 11.3 Å². The SMILES string of the molecule is Cc1nnsc1C(NN)C(C)(C)C. The summed E-state index contributed by atoms with van der Waals surface area (Å²) in [6.07, 6.45) is 0. The topological polar surface area (TPSA) is 63.8 Å². The lowest BCUT2D eigenvalue weighted by atomic mass is 9.86. The van der Waals surface area contributed by atoms with Crippen molar-refractivity contribution in [2.24, 2.45) is 11.3 Å². The van der Waals surface area contributed by atoms with Gasteiger partial charge < -0.3 is 0 Å². The van der Waals surface area contributed by atoms with Crippen LogP contribution >= 0.6 is 11.5 Å². The molecular weight excluding hydrogens is 184 g/mol. The third kappa shape index (κ3) is 2.24. The Kier molecular flexibility index (Phi) is 3.00. The van der Waals surface area contributed by atoms with Gasteiger partial charge in [-0.25, -0.2) is 0 Å². The van der Waals surface area contributed by atoms with E-state index in [9.17, 15) is 0 Å². The van der Waals surface area contributed by atoms with Gasteiger partial charge in [0.1, 0.15) is 0 Å². The Hall–Kier alpha value is -0.520. The van der Waals surface area contributed by atoms with E-state index in [1.54, 1.807) is 0 Å². The van der Waals surface area contributed by atoms with Crippen LogP contribution in [0.2, 0.25) is 0 Å². The minimum atomic E-state index is 0.0771. The number of hydrazine groups is 1. The second-order valence-corrected chi connectivity index (χ2v) is 4.97. The van der Waals surface area contributed by atoms with Crippen LogP contribution in [-0.4, -0.2) is 9.59 Å². The van der Waals surface area contributed by atoms with Crippen molar-refractivity contribution in [1.29, 1.82) is 0 Å². The molecule has 0 bridgehead atoms. The normalized spacial score (nSPS) is 14.5. The van der Waals surface area contributed by atoms with E-state index in [1.165, 1.54) is 11.5 Å². The zero-order valence-electron chi connectivity index (χ0n) is 8.46. The number of hydrogen-bond acceptors (Lipinski definition) is 5. The Balaban J connectivity index is 2.98. The van der Waals surface area contributed by atoms with Gasteiger partial charge >= 0.3 is 0 Å². The summed E-state index contributed by atoms with van der Waals surface area (Å²) in [6.45, 7) is 8.36. The number of rotatable bonds is 2. The molecule has 0 spiro atoms. The summed E-state index contributed by atoms with van der Waals surface area (Å²) in [6, 6.07) is 0.118. The van der Waals surface area contributed by atoms with Crippen molar-refractivity contribution in [3.8, 4) is 0 Å². The van der Waals surface area contributed by atoms with Crippen molar-refractivity contribution in [1.82, 2.24) is 15.0 Å². The van der Waals surface area contributed by atoms with Crippen LogP contribution in [0.25, 0.3) is 0 Å². The van der Waals surface area contributed by atoms with Gasteiger partial charge in [0.05, 0.1) is 16.6 Å². The first-order valence-corrected chi connectivity index (χ1v) is 4.99. The Morgan fingerprint density at radius 2 is 2.08 bits per heavy atom. The quantitative estimate of drug-likeness (QED) is 0.559. The third-order valence-corrected chi connectivity index (χ3v) is 2.87. The molecule has 4 nitrogen and oxygen atoms in total. The van der Waals surface area contributed by atoms with Gasteiger partial charge in [0, 0.05) is 0 Å². The largest absolute Gasteiger partial charge is 0.271 e. The zero-order chi connectivity index (χ0) is 10.1. The van der Waals surface area contributed by atoms with Gasteiger partial charge in [0.15, 0.2) is 0 Å². The molecule has 1 aromatic heterocycles. The maximum Gasteiger partial charge on any atom is 0.0773 e. The highest BCUT2D eigenvalue weighted by molar-refractivity contribution is 7.05. The second kappa shape index (κ2) is 3.69. The van der Waals surface area contributed by atoms with Gasteiger partial charge in [-0.1, -0.05) is 25.3 Å². The van der Waals surface area contributed by atoms with Crippen LogP contribution in [0, 0.1) is 12.3 Å². The molecule has 1 rings (SSSR count). The van der Waals surface area contributed by atoms with Crippen LogP contribution in [0.15, 0.2) is 0 Å². The third-order valence-electron chi connectivity index (χ3n) is 1.98. The molecule has 0 radical (unpaired) electrons. The van der Waals surface area contributed by atoms with Gasteiger partial charge in [-0.3, -0.25) is 11.3 Å². The van der Waals surface area contributed by atoms with Crippen molar-refractivity contribution in [3.05, 3.63) is 10.6 Å². The molecule has 0 saturated heterocycles. The van der Waals surface area contributed by atoms with E-state index in [1.807, 2.05) is 6.92 Å². The number of aromatic nitrogens is 2. The Labute approximate surface area is 82.7 Å². The number of nitrogens with zero attached hydrogens (tertiary/aromatic N) is 2. The number of hydrogen-bond donors (Lipinski definition) is 2. The lowest BCUT2D eigenvalue weighted by Crippen LogP contribution is -2.36. The number of nitrogens with one attached hydrogen (secondary N) is 1. The summed E-state index contributed by atoms with van der Waals surface area (Å²) < 4.78 is 3.90. The molecule has 1 unspecified atom stereocenters. The second-order valence-electron chi connectivity index (χ2n) is 4.19. The Morgan fingerprint density at radius 1 is 1.46 bits per heavy atom. The standard InChI is InChI=1S/C8H16N4S/c1-5-6(13-12-11-5)7(10-9)8(2,3)4/h7,10H,9H2,1-4H3. The lowest BCUT2D eigenvalue weighted by molar-refractivity contribution is 0.278. The number of aryl methyl sites for hydroxylation is 1. The van der Waals surface area contributed by atoms with Gasteiger partial charge in [-0.2, -0.15) is 0 Å². The van der Waals surface area contributed by atoms with E-state index >= 15 is 0 Å². The average Bonchev–Trinajstić information content (AvgIpc) is 2.35. The van der Waals surface area contributed by atoms with Gasteiger partial charge in [0.25, 0.3) is 0 Å². The van der Waals surface area contributed by atoms with Crippen molar-refractivity contribution in [2.75, 3.05) is 0 Å². The molecule has 0 aromatic carbocycles. The molecule has 3 N–H and O–H groups in total. The number of nitrogens with two attached hydrogens (primary N) is 1. The van der Waals surface area contributed by atoms with E-state index in [4.69, 9.17) is 5.84 Å². The molecule has 13 heavy (non-hydrogen) atoms. The maximum atomic E-state index is 5.52. The molecule has 74 valence electrons. The highest BCUT2D eigenvalue weighted by Gasteiger charge is 2.28. The average molecular weight is 200 g/mol. The molecule has 1 aromatic rings. The van der Waals surface area contributed by atoms with E-state index in [-0.39, 0.29) is 11.5 Å².